The number of hydrogen-bond donors (Lipinski definition) is 0. The molecule has 0 saturated carbocycles. The Morgan fingerprint density at radius 2 is 2.04 bits per heavy atom. The van der Waals surface area contributed by atoms with Gasteiger partial charge >= 0.3 is 0 Å². The van der Waals surface area contributed by atoms with Crippen molar-refractivity contribution >= 4 is 17.5 Å². The number of nitrogens with zero attached hydrogens (tertiary/aromatic N) is 4. The summed E-state index contributed by atoms with van der Waals surface area (Å²) in [5, 5.41) is 4.44. The second kappa shape index (κ2) is 7.39. The van der Waals surface area contributed by atoms with Gasteiger partial charge in [-0.2, -0.15) is 5.10 Å². The van der Waals surface area contributed by atoms with E-state index in [1.165, 1.54) is 0 Å². The van der Waals surface area contributed by atoms with Crippen LogP contribution in [0.5, 0.6) is 0 Å². The molecule has 28 heavy (non-hydrogen) atoms. The molecule has 1 aromatic carbocycles. The van der Waals surface area contributed by atoms with Gasteiger partial charge in [-0.15, -0.1) is 0 Å². The fourth-order valence-electron chi connectivity index (χ4n) is 4.06. The van der Waals surface area contributed by atoms with E-state index in [0.717, 1.165) is 30.8 Å². The normalized spacial score (nSPS) is 22.3. The molecule has 2 aliphatic rings. The van der Waals surface area contributed by atoms with Gasteiger partial charge in [-0.1, -0.05) is 25.1 Å². The predicted molar refractivity (Wildman–Crippen MR) is 105 cm³/mol. The average Bonchev–Trinajstić information content (AvgIpc) is 3.28. The van der Waals surface area contributed by atoms with Crippen LogP contribution in [0.3, 0.4) is 0 Å². The summed E-state index contributed by atoms with van der Waals surface area (Å²) in [5.74, 6) is -0.0539. The van der Waals surface area contributed by atoms with Gasteiger partial charge in [-0.25, -0.2) is 0 Å². The lowest BCUT2D eigenvalue weighted by Gasteiger charge is -2.40. The molecule has 2 fully saturated rings. The number of amides is 2. The van der Waals surface area contributed by atoms with Crippen molar-refractivity contribution in [2.24, 2.45) is 0 Å². The molecule has 1 aromatic heterocycles. The minimum atomic E-state index is -0.507. The van der Waals surface area contributed by atoms with E-state index < -0.39 is 5.60 Å². The molecule has 0 N–H and O–H groups in total. The van der Waals surface area contributed by atoms with Crippen molar-refractivity contribution in [2.45, 2.75) is 38.8 Å². The summed E-state index contributed by atoms with van der Waals surface area (Å²) in [4.78, 5) is 29.1. The number of rotatable bonds is 4. The Kier molecular flexibility index (Phi) is 4.93. The van der Waals surface area contributed by atoms with Gasteiger partial charge in [0.15, 0.2) is 0 Å². The topological polar surface area (TPSA) is 67.7 Å². The number of aryl methyl sites for hydroxylation is 2. The van der Waals surface area contributed by atoms with E-state index in [4.69, 9.17) is 4.74 Å². The van der Waals surface area contributed by atoms with Gasteiger partial charge in [0.1, 0.15) is 12.2 Å². The lowest BCUT2D eigenvalue weighted by molar-refractivity contribution is -0.137. The minimum Gasteiger partial charge on any atom is -0.361 e. The molecular formula is C21H26N4O3. The molecule has 1 unspecified atom stereocenters. The van der Waals surface area contributed by atoms with Gasteiger partial charge in [0.2, 0.25) is 0 Å². The van der Waals surface area contributed by atoms with Crippen LogP contribution in [0.4, 0.5) is 5.69 Å². The number of anilines is 1. The summed E-state index contributed by atoms with van der Waals surface area (Å²) in [6.45, 7) is 6.38. The first-order valence-electron chi connectivity index (χ1n) is 9.84. The Balaban J connectivity index is 1.50. The quantitative estimate of drug-likeness (QED) is 0.813. The largest absolute Gasteiger partial charge is 0.361 e. The van der Waals surface area contributed by atoms with Gasteiger partial charge < -0.3 is 14.5 Å². The summed E-state index contributed by atoms with van der Waals surface area (Å²) >= 11 is 0. The second-order valence-electron chi connectivity index (χ2n) is 7.66. The van der Waals surface area contributed by atoms with Crippen LogP contribution in [0, 0.1) is 6.92 Å². The van der Waals surface area contributed by atoms with Crippen LogP contribution in [-0.2, 0) is 16.1 Å². The van der Waals surface area contributed by atoms with Crippen molar-refractivity contribution in [3.05, 3.63) is 47.8 Å². The first kappa shape index (κ1) is 18.7. The molecule has 2 saturated heterocycles. The predicted octanol–water partition coefficient (Wildman–Crippen LogP) is 2.25. The molecule has 0 radical (unpaired) electrons. The molecule has 2 aliphatic heterocycles. The number of carbonyl (C=O) groups is 2. The summed E-state index contributed by atoms with van der Waals surface area (Å²) in [6, 6.07) is 9.64. The molecular weight excluding hydrogens is 356 g/mol. The van der Waals surface area contributed by atoms with Crippen LogP contribution in [0.15, 0.2) is 36.5 Å². The maximum Gasteiger partial charge on any atom is 0.257 e. The molecule has 0 bridgehead atoms. The Bertz CT molecular complexity index is 879. The van der Waals surface area contributed by atoms with Crippen LogP contribution < -0.4 is 4.90 Å². The molecule has 1 atom stereocenters. The fraction of sp³-hybridized carbons (Fsp3) is 0.476. The Labute approximate surface area is 164 Å². The number of benzene rings is 1. The van der Waals surface area contributed by atoms with Crippen molar-refractivity contribution in [3.63, 3.8) is 0 Å². The molecule has 7 heteroatoms. The van der Waals surface area contributed by atoms with E-state index in [-0.39, 0.29) is 18.4 Å². The highest BCUT2D eigenvalue weighted by Crippen LogP contribution is 2.32. The van der Waals surface area contributed by atoms with Crippen molar-refractivity contribution in [2.75, 3.05) is 31.1 Å². The third kappa shape index (κ3) is 3.42. The van der Waals surface area contributed by atoms with Crippen molar-refractivity contribution in [1.82, 2.24) is 14.7 Å². The van der Waals surface area contributed by atoms with E-state index in [1.54, 1.807) is 4.90 Å². The first-order valence-corrected chi connectivity index (χ1v) is 9.84. The van der Waals surface area contributed by atoms with Crippen LogP contribution in [0.1, 0.15) is 35.8 Å². The number of para-hydroxylation sites is 1. The zero-order valence-corrected chi connectivity index (χ0v) is 16.4. The van der Waals surface area contributed by atoms with Gasteiger partial charge in [0.25, 0.3) is 11.8 Å². The van der Waals surface area contributed by atoms with Crippen LogP contribution >= 0.6 is 0 Å². The fourth-order valence-corrected chi connectivity index (χ4v) is 4.06. The molecule has 4 rings (SSSR count). The van der Waals surface area contributed by atoms with E-state index >= 15 is 0 Å². The zero-order chi connectivity index (χ0) is 19.7. The minimum absolute atomic E-state index is 0.0107. The lowest BCUT2D eigenvalue weighted by Crippen LogP contribution is -2.56. The van der Waals surface area contributed by atoms with Crippen LogP contribution in [0.2, 0.25) is 0 Å². The molecule has 3 heterocycles. The van der Waals surface area contributed by atoms with Crippen molar-refractivity contribution in [1.29, 1.82) is 0 Å². The third-order valence-electron chi connectivity index (χ3n) is 5.55. The van der Waals surface area contributed by atoms with Gasteiger partial charge in [0, 0.05) is 25.0 Å². The van der Waals surface area contributed by atoms with Crippen molar-refractivity contribution in [3.8, 4) is 0 Å². The maximum absolute atomic E-state index is 13.1. The monoisotopic (exact) mass is 382 g/mol. The SMILES string of the molecule is CCCn1cc(C(=O)N2CCC3(C2)CN(c2ccccc2)C(=O)CO3)c(C)n1. The molecule has 0 aliphatic carbocycles. The smallest absolute Gasteiger partial charge is 0.257 e. The number of likely N-dealkylation sites (tertiary alicyclic amines) is 1. The van der Waals surface area contributed by atoms with Gasteiger partial charge in [-0.3, -0.25) is 14.3 Å². The Morgan fingerprint density at radius 3 is 2.79 bits per heavy atom. The zero-order valence-electron chi connectivity index (χ0n) is 16.4. The van der Waals surface area contributed by atoms with Crippen LogP contribution in [-0.4, -0.2) is 58.3 Å². The lowest BCUT2D eigenvalue weighted by atomic mass is 10.00. The molecule has 2 amide bonds. The highest BCUT2D eigenvalue weighted by Gasteiger charge is 2.47. The van der Waals surface area contributed by atoms with E-state index in [0.29, 0.717) is 25.2 Å². The Morgan fingerprint density at radius 1 is 1.25 bits per heavy atom. The summed E-state index contributed by atoms with van der Waals surface area (Å²) in [7, 11) is 0. The van der Waals surface area contributed by atoms with Crippen molar-refractivity contribution < 1.29 is 14.3 Å². The number of carbonyl (C=O) groups excluding carboxylic acids is 2. The molecule has 148 valence electrons. The number of ether oxygens (including phenoxy) is 1. The molecule has 7 nitrogen and oxygen atoms in total. The van der Waals surface area contributed by atoms with E-state index in [9.17, 15) is 9.59 Å². The second-order valence-corrected chi connectivity index (χ2v) is 7.66. The summed E-state index contributed by atoms with van der Waals surface area (Å²) < 4.78 is 7.81. The standard InChI is InChI=1S/C21H26N4O3/c1-3-10-24-12-18(16(2)22-24)20(27)23-11-9-21(14-23)15-25(19(26)13-28-21)17-7-5-4-6-8-17/h4-8,12H,3,9-11,13-15H2,1-2H3. The van der Waals surface area contributed by atoms with Crippen LogP contribution in [0.25, 0.3) is 0 Å². The first-order chi connectivity index (χ1) is 13.5. The summed E-state index contributed by atoms with van der Waals surface area (Å²) in [5.41, 5.74) is 1.77. The Hall–Kier alpha value is -2.67. The molecule has 1 spiro atoms. The number of hydrogen-bond acceptors (Lipinski definition) is 4. The highest BCUT2D eigenvalue weighted by atomic mass is 16.5. The third-order valence-corrected chi connectivity index (χ3v) is 5.55. The van der Waals surface area contributed by atoms with E-state index in [2.05, 4.69) is 12.0 Å². The highest BCUT2D eigenvalue weighted by molar-refractivity contribution is 5.96. The van der Waals surface area contributed by atoms with Gasteiger partial charge in [0.05, 0.1) is 24.3 Å². The van der Waals surface area contributed by atoms with E-state index in [1.807, 2.05) is 53.0 Å². The number of aromatic nitrogens is 2. The maximum atomic E-state index is 13.1. The molecule has 2 aromatic rings. The summed E-state index contributed by atoms with van der Waals surface area (Å²) in [6.07, 6.45) is 3.53. The average molecular weight is 382 g/mol. The number of morpholine rings is 1. The van der Waals surface area contributed by atoms with Gasteiger partial charge in [-0.05, 0) is 31.9 Å².